The van der Waals surface area contributed by atoms with Gasteiger partial charge in [-0.2, -0.15) is 0 Å². The molecule has 0 saturated heterocycles. The highest BCUT2D eigenvalue weighted by atomic mass is 127. The van der Waals surface area contributed by atoms with E-state index >= 15 is 0 Å². The monoisotopic (exact) mass is 496 g/mol. The van der Waals surface area contributed by atoms with E-state index in [9.17, 15) is 18.7 Å². The van der Waals surface area contributed by atoms with Crippen LogP contribution in [-0.2, 0) is 4.84 Å². The lowest BCUT2D eigenvalue weighted by atomic mass is 10.1. The van der Waals surface area contributed by atoms with Crippen molar-refractivity contribution < 1.29 is 23.5 Å². The molecule has 0 bridgehead atoms. The van der Waals surface area contributed by atoms with E-state index in [0.717, 1.165) is 15.7 Å². The number of halogens is 4. The molecular weight excluding hydrogens is 481 g/mol. The van der Waals surface area contributed by atoms with Gasteiger partial charge >= 0.3 is 0 Å². The zero-order valence-corrected chi connectivity index (χ0v) is 16.8. The first-order chi connectivity index (χ1) is 12.1. The first kappa shape index (κ1) is 20.8. The maximum absolute atomic E-state index is 13.7. The summed E-state index contributed by atoms with van der Waals surface area (Å²) in [6.07, 6.45) is 0. The number of hydrogen-bond donors (Lipinski definition) is 3. The van der Waals surface area contributed by atoms with E-state index in [0.29, 0.717) is 10.7 Å². The van der Waals surface area contributed by atoms with Gasteiger partial charge in [-0.25, -0.2) is 14.3 Å². The molecule has 0 aliphatic rings. The van der Waals surface area contributed by atoms with Crippen LogP contribution < -0.4 is 10.8 Å². The minimum Gasteiger partial charge on any atom is -0.388 e. The maximum Gasteiger partial charge on any atom is 0.277 e. The van der Waals surface area contributed by atoms with Gasteiger partial charge in [0.2, 0.25) is 0 Å². The van der Waals surface area contributed by atoms with Crippen molar-refractivity contribution >= 4 is 51.5 Å². The average Bonchev–Trinajstić information content (AvgIpc) is 2.51. The van der Waals surface area contributed by atoms with Crippen molar-refractivity contribution in [2.24, 2.45) is 0 Å². The zero-order chi connectivity index (χ0) is 19.5. The van der Waals surface area contributed by atoms with Gasteiger partial charge in [0.15, 0.2) is 11.6 Å². The molecule has 0 heterocycles. The normalized spacial score (nSPS) is 11.3. The zero-order valence-electron chi connectivity index (χ0n) is 13.9. The van der Waals surface area contributed by atoms with Gasteiger partial charge in [-0.1, -0.05) is 11.6 Å². The smallest absolute Gasteiger partial charge is 0.277 e. The third-order valence-corrected chi connectivity index (χ3v) is 4.08. The molecule has 0 spiro atoms. The second kappa shape index (κ2) is 8.47. The number of hydrogen-bond acceptors (Lipinski definition) is 4. The molecule has 2 aromatic carbocycles. The van der Waals surface area contributed by atoms with Crippen LogP contribution in [0.3, 0.4) is 0 Å². The van der Waals surface area contributed by atoms with Crippen molar-refractivity contribution in [3.63, 3.8) is 0 Å². The molecule has 0 fully saturated rings. The Kier molecular flexibility index (Phi) is 6.78. The highest BCUT2D eigenvalue weighted by molar-refractivity contribution is 14.1. The van der Waals surface area contributed by atoms with E-state index in [4.69, 9.17) is 16.4 Å². The van der Waals surface area contributed by atoms with Gasteiger partial charge in [0.1, 0.15) is 6.61 Å². The van der Waals surface area contributed by atoms with Crippen LogP contribution in [0.1, 0.15) is 24.2 Å². The van der Waals surface area contributed by atoms with Gasteiger partial charge in [-0.3, -0.25) is 9.63 Å². The van der Waals surface area contributed by atoms with E-state index in [2.05, 4.69) is 33.4 Å². The summed E-state index contributed by atoms with van der Waals surface area (Å²) in [4.78, 5) is 17.2. The quantitative estimate of drug-likeness (QED) is 0.410. The SMILES string of the molecule is CC(C)(O)CONC(=O)c1cc(F)c(F)cc1Nc1ccc(I)cc1Cl. The fourth-order valence-corrected chi connectivity index (χ4v) is 2.81. The second-order valence-corrected chi connectivity index (χ2v) is 7.75. The lowest BCUT2D eigenvalue weighted by molar-refractivity contribution is -0.0522. The maximum atomic E-state index is 13.7. The molecule has 3 N–H and O–H groups in total. The molecule has 140 valence electrons. The van der Waals surface area contributed by atoms with Crippen LogP contribution in [-0.4, -0.2) is 23.2 Å². The molecule has 0 aliphatic heterocycles. The summed E-state index contributed by atoms with van der Waals surface area (Å²) < 4.78 is 28.2. The van der Waals surface area contributed by atoms with Gasteiger partial charge in [-0.15, -0.1) is 0 Å². The number of anilines is 2. The Balaban J connectivity index is 2.28. The number of carbonyl (C=O) groups excluding carboxylic acids is 1. The van der Waals surface area contributed by atoms with Gasteiger partial charge in [-0.05, 0) is 60.7 Å². The van der Waals surface area contributed by atoms with Crippen molar-refractivity contribution in [3.05, 3.63) is 56.1 Å². The van der Waals surface area contributed by atoms with Crippen molar-refractivity contribution in [1.82, 2.24) is 5.48 Å². The molecule has 1 amide bonds. The predicted molar refractivity (Wildman–Crippen MR) is 104 cm³/mol. The lowest BCUT2D eigenvalue weighted by Gasteiger charge is -2.18. The van der Waals surface area contributed by atoms with Crippen molar-refractivity contribution in [1.29, 1.82) is 0 Å². The Bertz CT molecular complexity index is 828. The van der Waals surface area contributed by atoms with Crippen LogP contribution in [0.5, 0.6) is 0 Å². The summed E-state index contributed by atoms with van der Waals surface area (Å²) in [5.74, 6) is -3.11. The van der Waals surface area contributed by atoms with Crippen LogP contribution >= 0.6 is 34.2 Å². The summed E-state index contributed by atoms with van der Waals surface area (Å²) in [6.45, 7) is 2.79. The molecule has 2 aromatic rings. The molecule has 2 rings (SSSR count). The standard InChI is InChI=1S/C17H16ClF2IN2O3/c1-17(2,25)8-26-23-16(24)10-6-12(19)13(20)7-15(10)22-14-4-3-9(21)5-11(14)18/h3-7,22,25H,8H2,1-2H3,(H,23,24). The van der Waals surface area contributed by atoms with Gasteiger partial charge in [0.05, 0.1) is 27.6 Å². The number of carbonyl (C=O) groups is 1. The lowest BCUT2D eigenvalue weighted by Crippen LogP contribution is -2.33. The second-order valence-electron chi connectivity index (χ2n) is 6.09. The molecule has 26 heavy (non-hydrogen) atoms. The average molecular weight is 497 g/mol. The van der Waals surface area contributed by atoms with Crippen LogP contribution in [0.2, 0.25) is 5.02 Å². The predicted octanol–water partition coefficient (Wildman–Crippen LogP) is 4.40. The Morgan fingerprint density at radius 3 is 2.50 bits per heavy atom. The van der Waals surface area contributed by atoms with Crippen LogP contribution in [0, 0.1) is 15.2 Å². The van der Waals surface area contributed by atoms with Gasteiger partial charge in [0.25, 0.3) is 5.91 Å². The summed E-state index contributed by atoms with van der Waals surface area (Å²) in [7, 11) is 0. The molecule has 0 unspecified atom stereocenters. The Labute approximate surface area is 167 Å². The molecule has 0 atom stereocenters. The van der Waals surface area contributed by atoms with Crippen LogP contribution in [0.15, 0.2) is 30.3 Å². The minimum absolute atomic E-state index is 0.0105. The first-order valence-electron chi connectivity index (χ1n) is 7.42. The molecule has 0 saturated carbocycles. The van der Waals surface area contributed by atoms with E-state index < -0.39 is 23.1 Å². The largest absolute Gasteiger partial charge is 0.388 e. The molecule has 0 aromatic heterocycles. The van der Waals surface area contributed by atoms with E-state index in [1.807, 2.05) is 0 Å². The number of benzene rings is 2. The Morgan fingerprint density at radius 2 is 1.88 bits per heavy atom. The Hall–Kier alpha value is -1.49. The fourth-order valence-electron chi connectivity index (χ4n) is 1.91. The third-order valence-electron chi connectivity index (χ3n) is 3.10. The van der Waals surface area contributed by atoms with Crippen LogP contribution in [0.4, 0.5) is 20.2 Å². The molecule has 0 radical (unpaired) electrons. The van der Waals surface area contributed by atoms with Gasteiger partial charge in [0, 0.05) is 9.64 Å². The molecule has 9 heteroatoms. The summed E-state index contributed by atoms with van der Waals surface area (Å²) in [6, 6.07) is 6.70. The summed E-state index contributed by atoms with van der Waals surface area (Å²) in [5, 5.41) is 12.7. The molecular formula is C17H16ClF2IN2O3. The molecule has 0 aliphatic carbocycles. The van der Waals surface area contributed by atoms with E-state index in [1.54, 1.807) is 18.2 Å². The summed E-state index contributed by atoms with van der Waals surface area (Å²) >= 11 is 8.21. The highest BCUT2D eigenvalue weighted by Crippen LogP contribution is 2.30. The fraction of sp³-hybridized carbons (Fsp3) is 0.235. The van der Waals surface area contributed by atoms with Crippen molar-refractivity contribution in [3.8, 4) is 0 Å². The van der Waals surface area contributed by atoms with Crippen LogP contribution in [0.25, 0.3) is 0 Å². The van der Waals surface area contributed by atoms with Crippen molar-refractivity contribution in [2.75, 3.05) is 11.9 Å². The number of hydroxylamine groups is 1. The summed E-state index contributed by atoms with van der Waals surface area (Å²) in [5.41, 5.74) is 1.17. The van der Waals surface area contributed by atoms with E-state index in [1.165, 1.54) is 13.8 Å². The highest BCUT2D eigenvalue weighted by Gasteiger charge is 2.19. The topological polar surface area (TPSA) is 70.6 Å². The van der Waals surface area contributed by atoms with Gasteiger partial charge < -0.3 is 10.4 Å². The minimum atomic E-state index is -1.18. The Morgan fingerprint density at radius 1 is 1.23 bits per heavy atom. The van der Waals surface area contributed by atoms with Crippen molar-refractivity contribution in [2.45, 2.75) is 19.4 Å². The first-order valence-corrected chi connectivity index (χ1v) is 8.88. The number of amides is 1. The number of aliphatic hydroxyl groups is 1. The van der Waals surface area contributed by atoms with E-state index in [-0.39, 0.29) is 17.9 Å². The molecule has 5 nitrogen and oxygen atoms in total. The number of nitrogens with one attached hydrogen (secondary N) is 2. The number of rotatable bonds is 6. The third kappa shape index (κ3) is 5.76.